The third-order valence-electron chi connectivity index (χ3n) is 3.16. The fourth-order valence-electron chi connectivity index (χ4n) is 1.97. The van der Waals surface area contributed by atoms with Gasteiger partial charge in [-0.05, 0) is 24.6 Å². The molecule has 96 valence electrons. The Balaban J connectivity index is 2.36. The molecule has 2 aromatic carbocycles. The van der Waals surface area contributed by atoms with Crippen LogP contribution in [0.15, 0.2) is 54.6 Å². The molecular weight excluding hydrogens is 234 g/mol. The van der Waals surface area contributed by atoms with Crippen LogP contribution in [0.5, 0.6) is 0 Å². The zero-order valence-electron chi connectivity index (χ0n) is 10.9. The molecule has 0 aliphatic carbocycles. The van der Waals surface area contributed by atoms with E-state index in [9.17, 15) is 5.11 Å². The van der Waals surface area contributed by atoms with Gasteiger partial charge in [-0.1, -0.05) is 53.9 Å². The average molecular weight is 251 g/mol. The van der Waals surface area contributed by atoms with E-state index < -0.39 is 5.54 Å². The number of hydrogen-bond donors (Lipinski definition) is 2. The van der Waals surface area contributed by atoms with Gasteiger partial charge in [-0.15, -0.1) is 6.42 Å². The van der Waals surface area contributed by atoms with Crippen molar-refractivity contribution in [1.29, 1.82) is 0 Å². The van der Waals surface area contributed by atoms with Crippen LogP contribution in [0.1, 0.15) is 11.1 Å². The molecule has 0 aromatic heterocycles. The zero-order valence-corrected chi connectivity index (χ0v) is 10.9. The lowest BCUT2D eigenvalue weighted by Crippen LogP contribution is -2.37. The predicted octanol–water partition coefficient (Wildman–Crippen LogP) is 2.93. The SMILES string of the molecule is C#C[C@@](CO)(Nc1ccc(C)cc1)c1ccccc1. The largest absolute Gasteiger partial charge is 0.393 e. The molecule has 19 heavy (non-hydrogen) atoms. The van der Waals surface area contributed by atoms with Gasteiger partial charge < -0.3 is 10.4 Å². The number of anilines is 1. The van der Waals surface area contributed by atoms with Gasteiger partial charge in [0.1, 0.15) is 5.54 Å². The van der Waals surface area contributed by atoms with Crippen molar-refractivity contribution in [2.45, 2.75) is 12.5 Å². The Morgan fingerprint density at radius 3 is 2.26 bits per heavy atom. The first-order valence-corrected chi connectivity index (χ1v) is 6.19. The van der Waals surface area contributed by atoms with Crippen molar-refractivity contribution in [1.82, 2.24) is 0 Å². The molecule has 2 rings (SSSR count). The summed E-state index contributed by atoms with van der Waals surface area (Å²) in [6.07, 6.45) is 5.66. The number of nitrogens with one attached hydrogen (secondary N) is 1. The first-order chi connectivity index (χ1) is 9.20. The topological polar surface area (TPSA) is 32.3 Å². The Morgan fingerprint density at radius 2 is 1.74 bits per heavy atom. The summed E-state index contributed by atoms with van der Waals surface area (Å²) in [5, 5.41) is 13.0. The minimum Gasteiger partial charge on any atom is -0.393 e. The van der Waals surface area contributed by atoms with Crippen molar-refractivity contribution in [2.75, 3.05) is 11.9 Å². The molecule has 0 spiro atoms. The summed E-state index contributed by atoms with van der Waals surface area (Å²) in [6, 6.07) is 17.5. The fraction of sp³-hybridized carbons (Fsp3) is 0.176. The predicted molar refractivity (Wildman–Crippen MR) is 78.8 cm³/mol. The lowest BCUT2D eigenvalue weighted by atomic mass is 9.91. The molecule has 2 aromatic rings. The lowest BCUT2D eigenvalue weighted by Gasteiger charge is -2.29. The van der Waals surface area contributed by atoms with E-state index in [1.807, 2.05) is 61.5 Å². The summed E-state index contributed by atoms with van der Waals surface area (Å²) >= 11 is 0. The maximum absolute atomic E-state index is 9.74. The van der Waals surface area contributed by atoms with E-state index in [2.05, 4.69) is 11.2 Å². The molecule has 0 radical (unpaired) electrons. The maximum atomic E-state index is 9.74. The average Bonchev–Trinajstić information content (AvgIpc) is 2.48. The van der Waals surface area contributed by atoms with E-state index in [0.717, 1.165) is 11.3 Å². The standard InChI is InChI=1S/C17H17NO/c1-3-17(13-19,15-7-5-4-6-8-15)18-16-11-9-14(2)10-12-16/h1,4-12,18-19H,13H2,2H3/t17-/m0/s1. The summed E-state index contributed by atoms with van der Waals surface area (Å²) < 4.78 is 0. The molecule has 0 aliphatic rings. The van der Waals surface area contributed by atoms with Gasteiger partial charge in [-0.3, -0.25) is 0 Å². The maximum Gasteiger partial charge on any atom is 0.148 e. The van der Waals surface area contributed by atoms with Crippen LogP contribution >= 0.6 is 0 Å². The molecule has 0 fully saturated rings. The van der Waals surface area contributed by atoms with Crippen molar-refractivity contribution < 1.29 is 5.11 Å². The summed E-state index contributed by atoms with van der Waals surface area (Å²) in [5.41, 5.74) is 2.05. The highest BCUT2D eigenvalue weighted by Crippen LogP contribution is 2.25. The highest BCUT2D eigenvalue weighted by Gasteiger charge is 2.28. The highest BCUT2D eigenvalue weighted by molar-refractivity contribution is 5.52. The van der Waals surface area contributed by atoms with Crippen LogP contribution in [0.4, 0.5) is 5.69 Å². The molecule has 1 atom stereocenters. The second kappa shape index (κ2) is 5.60. The smallest absolute Gasteiger partial charge is 0.148 e. The lowest BCUT2D eigenvalue weighted by molar-refractivity contribution is 0.246. The number of terminal acetylenes is 1. The Labute approximate surface area is 114 Å². The van der Waals surface area contributed by atoms with E-state index in [1.165, 1.54) is 5.56 Å². The highest BCUT2D eigenvalue weighted by atomic mass is 16.3. The van der Waals surface area contributed by atoms with Gasteiger partial charge in [0, 0.05) is 5.69 Å². The molecule has 0 aliphatic heterocycles. The quantitative estimate of drug-likeness (QED) is 0.819. The van der Waals surface area contributed by atoms with Gasteiger partial charge in [-0.2, -0.15) is 0 Å². The van der Waals surface area contributed by atoms with Gasteiger partial charge in [0.15, 0.2) is 0 Å². The van der Waals surface area contributed by atoms with E-state index in [4.69, 9.17) is 6.42 Å². The Morgan fingerprint density at radius 1 is 1.11 bits per heavy atom. The van der Waals surface area contributed by atoms with Crippen molar-refractivity contribution in [3.63, 3.8) is 0 Å². The summed E-state index contributed by atoms with van der Waals surface area (Å²) in [4.78, 5) is 0. The zero-order chi connectivity index (χ0) is 13.7. The van der Waals surface area contributed by atoms with Crippen LogP contribution in [0.2, 0.25) is 0 Å². The Kier molecular flexibility index (Phi) is 3.89. The Bertz CT molecular complexity index is 568. The van der Waals surface area contributed by atoms with Crippen LogP contribution in [-0.4, -0.2) is 11.7 Å². The van der Waals surface area contributed by atoms with Crippen LogP contribution in [0, 0.1) is 19.3 Å². The minimum atomic E-state index is -0.892. The Hall–Kier alpha value is -2.24. The van der Waals surface area contributed by atoms with Gasteiger partial charge in [0.2, 0.25) is 0 Å². The molecular formula is C17H17NO. The summed E-state index contributed by atoms with van der Waals surface area (Å²) in [5.74, 6) is 2.68. The van der Waals surface area contributed by atoms with Gasteiger partial charge >= 0.3 is 0 Å². The molecule has 0 amide bonds. The van der Waals surface area contributed by atoms with Gasteiger partial charge in [0.05, 0.1) is 6.61 Å². The van der Waals surface area contributed by atoms with Crippen LogP contribution < -0.4 is 5.32 Å². The van der Waals surface area contributed by atoms with Crippen molar-refractivity contribution in [3.05, 3.63) is 65.7 Å². The molecule has 0 unspecified atom stereocenters. The second-order valence-electron chi connectivity index (χ2n) is 4.56. The number of hydrogen-bond acceptors (Lipinski definition) is 2. The van der Waals surface area contributed by atoms with E-state index >= 15 is 0 Å². The van der Waals surface area contributed by atoms with Crippen LogP contribution in [0.25, 0.3) is 0 Å². The van der Waals surface area contributed by atoms with E-state index in [1.54, 1.807) is 0 Å². The monoisotopic (exact) mass is 251 g/mol. The number of aliphatic hydroxyl groups is 1. The van der Waals surface area contributed by atoms with Gasteiger partial charge in [-0.25, -0.2) is 0 Å². The van der Waals surface area contributed by atoms with Crippen molar-refractivity contribution in [2.24, 2.45) is 0 Å². The molecule has 2 heteroatoms. The number of benzene rings is 2. The number of rotatable bonds is 4. The molecule has 2 N–H and O–H groups in total. The van der Waals surface area contributed by atoms with Crippen LogP contribution in [-0.2, 0) is 5.54 Å². The summed E-state index contributed by atoms with van der Waals surface area (Å²) in [6.45, 7) is 1.86. The fourth-order valence-corrected chi connectivity index (χ4v) is 1.97. The minimum absolute atomic E-state index is 0.165. The van der Waals surface area contributed by atoms with Crippen molar-refractivity contribution >= 4 is 5.69 Å². The van der Waals surface area contributed by atoms with Crippen LogP contribution in [0.3, 0.4) is 0 Å². The van der Waals surface area contributed by atoms with E-state index in [0.29, 0.717) is 0 Å². The normalized spacial score (nSPS) is 13.3. The molecule has 0 bridgehead atoms. The third kappa shape index (κ3) is 2.78. The first-order valence-electron chi connectivity index (χ1n) is 6.19. The molecule has 2 nitrogen and oxygen atoms in total. The van der Waals surface area contributed by atoms with Crippen molar-refractivity contribution in [3.8, 4) is 12.3 Å². The number of aliphatic hydroxyl groups excluding tert-OH is 1. The summed E-state index contributed by atoms with van der Waals surface area (Å²) in [7, 11) is 0. The molecule has 0 heterocycles. The second-order valence-corrected chi connectivity index (χ2v) is 4.56. The molecule has 0 saturated carbocycles. The molecule has 0 saturated heterocycles. The number of aryl methyl sites for hydroxylation is 1. The van der Waals surface area contributed by atoms with E-state index in [-0.39, 0.29) is 6.61 Å². The third-order valence-corrected chi connectivity index (χ3v) is 3.16. The van der Waals surface area contributed by atoms with Gasteiger partial charge in [0.25, 0.3) is 0 Å². The first kappa shape index (κ1) is 13.2.